The molecular formula is C20H24O9. The molecule has 3 rings (SSSR count). The fraction of sp³-hybridized carbons (Fsp3) is 0.500. The normalized spacial score (nSPS) is 34.9. The van der Waals surface area contributed by atoms with E-state index in [1.807, 2.05) is 30.3 Å². The lowest BCUT2D eigenvalue weighted by Gasteiger charge is -2.40. The van der Waals surface area contributed by atoms with E-state index in [1.165, 1.54) is 6.08 Å². The van der Waals surface area contributed by atoms with Crippen molar-refractivity contribution in [1.29, 1.82) is 0 Å². The van der Waals surface area contributed by atoms with Crippen LogP contribution < -0.4 is 0 Å². The Balaban J connectivity index is 1.57. The number of hydrogen-bond acceptors (Lipinski definition) is 9. The van der Waals surface area contributed by atoms with Crippen LogP contribution in [-0.4, -0.2) is 77.3 Å². The molecule has 0 bridgehead atoms. The van der Waals surface area contributed by atoms with E-state index in [9.17, 15) is 24.9 Å². The van der Waals surface area contributed by atoms with Crippen LogP contribution in [0.2, 0.25) is 0 Å². The summed E-state index contributed by atoms with van der Waals surface area (Å²) in [5, 5.41) is 30.3. The molecule has 7 atom stereocenters. The molecule has 2 saturated heterocycles. The monoisotopic (exact) mass is 408 g/mol. The number of hydrogen-bond donors (Lipinski definition) is 3. The molecule has 1 aromatic carbocycles. The smallest absolute Gasteiger partial charge is 0.335 e. The number of aliphatic hydroxyl groups is 3. The number of ether oxygens (including phenoxy) is 4. The Morgan fingerprint density at radius 3 is 2.55 bits per heavy atom. The molecule has 2 aliphatic heterocycles. The van der Waals surface area contributed by atoms with Crippen molar-refractivity contribution in [3.63, 3.8) is 0 Å². The van der Waals surface area contributed by atoms with Crippen molar-refractivity contribution in [3.05, 3.63) is 42.0 Å². The van der Waals surface area contributed by atoms with Crippen molar-refractivity contribution in [2.45, 2.75) is 43.7 Å². The fourth-order valence-electron chi connectivity index (χ4n) is 3.06. The third-order valence-electron chi connectivity index (χ3n) is 4.79. The lowest BCUT2D eigenvalue weighted by atomic mass is 9.99. The number of esters is 2. The first-order valence-electron chi connectivity index (χ1n) is 9.28. The molecule has 0 amide bonds. The highest BCUT2D eigenvalue weighted by Crippen LogP contribution is 2.27. The first-order valence-corrected chi connectivity index (χ1v) is 9.28. The van der Waals surface area contributed by atoms with Gasteiger partial charge in [0.2, 0.25) is 0 Å². The Bertz CT molecular complexity index is 735. The Hall–Kier alpha value is -2.30. The minimum Gasteiger partial charge on any atom is -0.463 e. The van der Waals surface area contributed by atoms with E-state index in [0.29, 0.717) is 0 Å². The number of aliphatic hydroxyl groups excluding tert-OH is 3. The zero-order chi connectivity index (χ0) is 21.0. The topological polar surface area (TPSA) is 132 Å². The van der Waals surface area contributed by atoms with Gasteiger partial charge in [0.15, 0.2) is 12.4 Å². The lowest BCUT2D eigenvalue weighted by Crippen LogP contribution is -2.60. The largest absolute Gasteiger partial charge is 0.463 e. The van der Waals surface area contributed by atoms with Crippen molar-refractivity contribution in [2.75, 3.05) is 13.2 Å². The number of benzene rings is 1. The highest BCUT2D eigenvalue weighted by atomic mass is 16.7. The number of cyclic esters (lactones) is 1. The van der Waals surface area contributed by atoms with Crippen LogP contribution in [0.3, 0.4) is 0 Å². The maximum atomic E-state index is 11.9. The first kappa shape index (κ1) is 21.4. The van der Waals surface area contributed by atoms with Gasteiger partial charge in [-0.3, -0.25) is 0 Å². The second-order valence-corrected chi connectivity index (χ2v) is 7.05. The average Bonchev–Trinajstić information content (AvgIpc) is 3.04. The van der Waals surface area contributed by atoms with Crippen LogP contribution in [0.25, 0.3) is 6.08 Å². The Morgan fingerprint density at radius 1 is 1.17 bits per heavy atom. The van der Waals surface area contributed by atoms with E-state index < -0.39 is 48.7 Å². The van der Waals surface area contributed by atoms with Gasteiger partial charge in [-0.2, -0.15) is 0 Å². The van der Waals surface area contributed by atoms with Crippen LogP contribution in [0.5, 0.6) is 0 Å². The predicted molar refractivity (Wildman–Crippen MR) is 98.1 cm³/mol. The zero-order valence-corrected chi connectivity index (χ0v) is 15.8. The summed E-state index contributed by atoms with van der Waals surface area (Å²) in [5.41, 5.74) is 0.808. The molecule has 0 unspecified atom stereocenters. The summed E-state index contributed by atoms with van der Waals surface area (Å²) in [6.07, 6.45) is -5.42. The lowest BCUT2D eigenvalue weighted by molar-refractivity contribution is -0.310. The summed E-state index contributed by atoms with van der Waals surface area (Å²) in [7, 11) is 0. The molecule has 1 aromatic rings. The Kier molecular flexibility index (Phi) is 6.99. The minimum absolute atomic E-state index is 0.173. The molecule has 158 valence electrons. The van der Waals surface area contributed by atoms with Crippen molar-refractivity contribution < 1.29 is 43.9 Å². The van der Waals surface area contributed by atoms with Crippen LogP contribution in [-0.2, 0) is 28.5 Å². The highest BCUT2D eigenvalue weighted by molar-refractivity contribution is 5.87. The van der Waals surface area contributed by atoms with Gasteiger partial charge in [0, 0.05) is 12.0 Å². The summed E-state index contributed by atoms with van der Waals surface area (Å²) >= 11 is 0. The second-order valence-electron chi connectivity index (χ2n) is 7.05. The van der Waals surface area contributed by atoms with Crippen molar-refractivity contribution in [3.8, 4) is 0 Å². The van der Waals surface area contributed by atoms with Gasteiger partial charge in [-0.1, -0.05) is 37.3 Å². The van der Waals surface area contributed by atoms with Crippen LogP contribution in [0.4, 0.5) is 0 Å². The maximum Gasteiger partial charge on any atom is 0.335 e. The molecule has 0 radical (unpaired) electrons. The van der Waals surface area contributed by atoms with Crippen LogP contribution in [0, 0.1) is 5.92 Å². The number of carbonyl (C=O) groups is 2. The molecule has 0 aromatic heterocycles. The third-order valence-corrected chi connectivity index (χ3v) is 4.79. The molecule has 0 spiro atoms. The first-order chi connectivity index (χ1) is 13.9. The third kappa shape index (κ3) is 5.20. The Labute approximate surface area is 167 Å². The fourth-order valence-corrected chi connectivity index (χ4v) is 3.06. The van der Waals surface area contributed by atoms with Crippen molar-refractivity contribution in [1.82, 2.24) is 0 Å². The van der Waals surface area contributed by atoms with Gasteiger partial charge in [-0.05, 0) is 11.6 Å². The Morgan fingerprint density at radius 2 is 1.90 bits per heavy atom. The molecule has 9 heteroatoms. The standard InChI is InChI=1S/C20H24O9/c1-11-9-27-19(25)18(11)29-20-17(24)16(23)15(22)13(28-20)10-26-14(21)8-7-12-5-3-2-4-6-12/h2-8,11,13,15-18,20,22-24H,9-10H2,1H3/t11-,13+,15+,16-,17+,18+,20+/m0/s1. The van der Waals surface area contributed by atoms with Gasteiger partial charge in [0.25, 0.3) is 0 Å². The van der Waals surface area contributed by atoms with Gasteiger partial charge in [-0.25, -0.2) is 9.59 Å². The average molecular weight is 408 g/mol. The SMILES string of the molecule is C[C@H]1COC(=O)[C@@H]1O[C@H]1O[C@H](COC(=O)C=Cc2ccccc2)[C@@H](O)[C@H](O)[C@H]1O. The quantitative estimate of drug-likeness (QED) is 0.426. The molecule has 2 fully saturated rings. The highest BCUT2D eigenvalue weighted by Gasteiger charge is 2.47. The van der Waals surface area contributed by atoms with Gasteiger partial charge >= 0.3 is 11.9 Å². The molecule has 0 aliphatic carbocycles. The van der Waals surface area contributed by atoms with Crippen LogP contribution in [0.15, 0.2) is 36.4 Å². The van der Waals surface area contributed by atoms with Gasteiger partial charge in [0.05, 0.1) is 6.61 Å². The summed E-state index contributed by atoms with van der Waals surface area (Å²) in [6.45, 7) is 1.52. The number of carbonyl (C=O) groups excluding carboxylic acids is 2. The summed E-state index contributed by atoms with van der Waals surface area (Å²) in [6, 6.07) is 9.12. The molecular weight excluding hydrogens is 384 g/mol. The van der Waals surface area contributed by atoms with E-state index in [-0.39, 0.29) is 19.1 Å². The molecule has 3 N–H and O–H groups in total. The van der Waals surface area contributed by atoms with E-state index in [2.05, 4.69) is 0 Å². The van der Waals surface area contributed by atoms with E-state index in [0.717, 1.165) is 5.56 Å². The maximum absolute atomic E-state index is 11.9. The van der Waals surface area contributed by atoms with Crippen molar-refractivity contribution >= 4 is 18.0 Å². The van der Waals surface area contributed by atoms with Crippen molar-refractivity contribution in [2.24, 2.45) is 5.92 Å². The summed E-state index contributed by atoms with van der Waals surface area (Å²) in [5.74, 6) is -1.53. The molecule has 9 nitrogen and oxygen atoms in total. The zero-order valence-electron chi connectivity index (χ0n) is 15.8. The van der Waals surface area contributed by atoms with E-state index >= 15 is 0 Å². The van der Waals surface area contributed by atoms with Gasteiger partial charge < -0.3 is 34.3 Å². The molecule has 2 aliphatic rings. The molecule has 0 saturated carbocycles. The predicted octanol–water partition coefficient (Wildman–Crippen LogP) is -0.371. The van der Waals surface area contributed by atoms with Crippen LogP contribution >= 0.6 is 0 Å². The van der Waals surface area contributed by atoms with E-state index in [1.54, 1.807) is 13.0 Å². The summed E-state index contributed by atoms with van der Waals surface area (Å²) in [4.78, 5) is 23.6. The van der Waals surface area contributed by atoms with Gasteiger partial charge in [-0.15, -0.1) is 0 Å². The molecule has 29 heavy (non-hydrogen) atoms. The minimum atomic E-state index is -1.61. The number of rotatable bonds is 6. The second kappa shape index (κ2) is 9.47. The van der Waals surface area contributed by atoms with Crippen LogP contribution in [0.1, 0.15) is 12.5 Å². The van der Waals surface area contributed by atoms with Gasteiger partial charge in [0.1, 0.15) is 31.0 Å². The summed E-state index contributed by atoms with van der Waals surface area (Å²) < 4.78 is 20.9. The molecule has 2 heterocycles. The van der Waals surface area contributed by atoms with E-state index in [4.69, 9.17) is 18.9 Å².